The maximum atomic E-state index is 5.76. The standard InChI is InChI=1S/C15H23BrN2O2/c1-19-14-2-4-15(5-3-14)20-13-12-18-10-8-17(7-6-16)9-11-18/h2-5H,6-13H2,1H3. The first-order chi connectivity index (χ1) is 9.81. The van der Waals surface area contributed by atoms with Crippen molar-refractivity contribution in [1.29, 1.82) is 0 Å². The van der Waals surface area contributed by atoms with Crippen LogP contribution < -0.4 is 9.47 Å². The van der Waals surface area contributed by atoms with Crippen molar-refractivity contribution in [3.63, 3.8) is 0 Å². The molecule has 0 aromatic heterocycles. The number of nitrogens with zero attached hydrogens (tertiary/aromatic N) is 2. The lowest BCUT2D eigenvalue weighted by Gasteiger charge is -2.34. The molecule has 0 atom stereocenters. The molecule has 1 aliphatic rings. The van der Waals surface area contributed by atoms with Crippen molar-refractivity contribution in [2.24, 2.45) is 0 Å². The fourth-order valence-corrected chi connectivity index (χ4v) is 2.82. The largest absolute Gasteiger partial charge is 0.497 e. The van der Waals surface area contributed by atoms with E-state index in [-0.39, 0.29) is 0 Å². The monoisotopic (exact) mass is 342 g/mol. The lowest BCUT2D eigenvalue weighted by molar-refractivity contribution is 0.121. The Morgan fingerprint density at radius 3 is 2.05 bits per heavy atom. The minimum Gasteiger partial charge on any atom is -0.497 e. The first kappa shape index (κ1) is 15.6. The maximum absolute atomic E-state index is 5.76. The number of hydrogen-bond donors (Lipinski definition) is 0. The highest BCUT2D eigenvalue weighted by atomic mass is 79.9. The highest BCUT2D eigenvalue weighted by Crippen LogP contribution is 2.16. The molecule has 112 valence electrons. The summed E-state index contributed by atoms with van der Waals surface area (Å²) in [6, 6.07) is 7.75. The van der Waals surface area contributed by atoms with Gasteiger partial charge in [-0.3, -0.25) is 9.80 Å². The van der Waals surface area contributed by atoms with Gasteiger partial charge in [-0.25, -0.2) is 0 Å². The van der Waals surface area contributed by atoms with E-state index < -0.39 is 0 Å². The van der Waals surface area contributed by atoms with E-state index in [4.69, 9.17) is 9.47 Å². The topological polar surface area (TPSA) is 24.9 Å². The van der Waals surface area contributed by atoms with Gasteiger partial charge in [-0.1, -0.05) is 15.9 Å². The van der Waals surface area contributed by atoms with Crippen LogP contribution in [0.2, 0.25) is 0 Å². The minimum absolute atomic E-state index is 0.741. The van der Waals surface area contributed by atoms with E-state index in [1.165, 1.54) is 0 Å². The Morgan fingerprint density at radius 2 is 1.50 bits per heavy atom. The summed E-state index contributed by atoms with van der Waals surface area (Å²) in [6.07, 6.45) is 0. The summed E-state index contributed by atoms with van der Waals surface area (Å²) < 4.78 is 10.9. The number of alkyl halides is 1. The normalized spacial score (nSPS) is 17.1. The van der Waals surface area contributed by atoms with E-state index in [9.17, 15) is 0 Å². The van der Waals surface area contributed by atoms with Crippen molar-refractivity contribution in [1.82, 2.24) is 9.80 Å². The third kappa shape index (κ3) is 4.96. The van der Waals surface area contributed by atoms with Gasteiger partial charge in [-0.2, -0.15) is 0 Å². The Bertz CT molecular complexity index is 378. The molecule has 1 fully saturated rings. The molecule has 1 heterocycles. The highest BCUT2D eigenvalue weighted by molar-refractivity contribution is 9.09. The third-order valence-electron chi connectivity index (χ3n) is 3.60. The molecule has 5 heteroatoms. The average Bonchev–Trinajstić information content (AvgIpc) is 2.50. The molecule has 0 spiro atoms. The number of halogens is 1. The van der Waals surface area contributed by atoms with E-state index >= 15 is 0 Å². The quantitative estimate of drug-likeness (QED) is 0.708. The van der Waals surface area contributed by atoms with E-state index in [0.717, 1.165) is 62.7 Å². The molecule has 0 unspecified atom stereocenters. The average molecular weight is 343 g/mol. The number of rotatable bonds is 7. The van der Waals surface area contributed by atoms with Crippen LogP contribution >= 0.6 is 15.9 Å². The lowest BCUT2D eigenvalue weighted by Crippen LogP contribution is -2.47. The van der Waals surface area contributed by atoms with Crippen molar-refractivity contribution in [3.8, 4) is 11.5 Å². The van der Waals surface area contributed by atoms with Crippen molar-refractivity contribution < 1.29 is 9.47 Å². The molecule has 1 aliphatic heterocycles. The van der Waals surface area contributed by atoms with Crippen molar-refractivity contribution in [3.05, 3.63) is 24.3 Å². The molecular formula is C15H23BrN2O2. The zero-order valence-corrected chi connectivity index (χ0v) is 13.6. The van der Waals surface area contributed by atoms with Crippen LogP contribution in [0.5, 0.6) is 11.5 Å². The summed E-state index contributed by atoms with van der Waals surface area (Å²) in [4.78, 5) is 4.96. The minimum atomic E-state index is 0.741. The zero-order valence-electron chi connectivity index (χ0n) is 12.1. The second kappa shape index (κ2) is 8.49. The molecule has 20 heavy (non-hydrogen) atoms. The molecule has 4 nitrogen and oxygen atoms in total. The summed E-state index contributed by atoms with van der Waals surface area (Å²) >= 11 is 3.49. The van der Waals surface area contributed by atoms with Crippen LogP contribution in [0.25, 0.3) is 0 Å². The van der Waals surface area contributed by atoms with E-state index in [1.807, 2.05) is 24.3 Å². The lowest BCUT2D eigenvalue weighted by atomic mass is 10.3. The molecule has 0 aliphatic carbocycles. The number of benzene rings is 1. The van der Waals surface area contributed by atoms with E-state index in [0.29, 0.717) is 0 Å². The highest BCUT2D eigenvalue weighted by Gasteiger charge is 2.15. The second-order valence-corrected chi connectivity index (χ2v) is 5.69. The van der Waals surface area contributed by atoms with Gasteiger partial charge in [-0.15, -0.1) is 0 Å². The summed E-state index contributed by atoms with van der Waals surface area (Å²) in [6.45, 7) is 7.48. The van der Waals surface area contributed by atoms with Gasteiger partial charge in [0.25, 0.3) is 0 Å². The molecular weight excluding hydrogens is 320 g/mol. The van der Waals surface area contributed by atoms with Crippen LogP contribution in [0, 0.1) is 0 Å². The SMILES string of the molecule is COc1ccc(OCCN2CCN(CCBr)CC2)cc1. The molecule has 1 aromatic rings. The van der Waals surface area contributed by atoms with Crippen molar-refractivity contribution in [2.45, 2.75) is 0 Å². The van der Waals surface area contributed by atoms with Crippen molar-refractivity contribution >= 4 is 15.9 Å². The van der Waals surface area contributed by atoms with Gasteiger partial charge in [0.15, 0.2) is 0 Å². The van der Waals surface area contributed by atoms with Gasteiger partial charge in [0.1, 0.15) is 18.1 Å². The molecule has 2 rings (SSSR count). The number of piperazine rings is 1. The molecule has 1 aromatic carbocycles. The number of ether oxygens (including phenoxy) is 2. The van der Waals surface area contributed by atoms with Crippen LogP contribution in [0.3, 0.4) is 0 Å². The zero-order chi connectivity index (χ0) is 14.2. The van der Waals surface area contributed by atoms with E-state index in [1.54, 1.807) is 7.11 Å². The van der Waals surface area contributed by atoms with Crippen LogP contribution in [0.4, 0.5) is 0 Å². The molecule has 1 saturated heterocycles. The molecule has 0 bridgehead atoms. The van der Waals surface area contributed by atoms with Gasteiger partial charge >= 0.3 is 0 Å². The fourth-order valence-electron chi connectivity index (χ4n) is 2.32. The fraction of sp³-hybridized carbons (Fsp3) is 0.600. The van der Waals surface area contributed by atoms with Gasteiger partial charge in [0, 0.05) is 44.6 Å². The predicted molar refractivity (Wildman–Crippen MR) is 85.2 cm³/mol. The summed E-state index contributed by atoms with van der Waals surface area (Å²) in [7, 11) is 1.67. The molecule has 0 amide bonds. The molecule has 0 saturated carbocycles. The Morgan fingerprint density at radius 1 is 0.950 bits per heavy atom. The molecule has 0 radical (unpaired) electrons. The van der Waals surface area contributed by atoms with E-state index in [2.05, 4.69) is 25.7 Å². The van der Waals surface area contributed by atoms with Gasteiger partial charge < -0.3 is 9.47 Å². The summed E-state index contributed by atoms with van der Waals surface area (Å²) in [5.74, 6) is 1.77. The van der Waals surface area contributed by atoms with Gasteiger partial charge in [0.2, 0.25) is 0 Å². The van der Waals surface area contributed by atoms with Gasteiger partial charge in [0.05, 0.1) is 7.11 Å². The van der Waals surface area contributed by atoms with Crippen LogP contribution in [0.15, 0.2) is 24.3 Å². The van der Waals surface area contributed by atoms with Gasteiger partial charge in [-0.05, 0) is 24.3 Å². The Balaban J connectivity index is 1.63. The van der Waals surface area contributed by atoms with Crippen LogP contribution in [-0.4, -0.2) is 68.1 Å². The van der Waals surface area contributed by atoms with Crippen LogP contribution in [0.1, 0.15) is 0 Å². The Labute approximate surface area is 129 Å². The summed E-state index contributed by atoms with van der Waals surface area (Å²) in [5.41, 5.74) is 0. The Kier molecular flexibility index (Phi) is 6.63. The summed E-state index contributed by atoms with van der Waals surface area (Å²) in [5, 5.41) is 1.06. The Hall–Kier alpha value is -0.780. The first-order valence-corrected chi connectivity index (χ1v) is 8.21. The first-order valence-electron chi connectivity index (χ1n) is 7.09. The number of hydrogen-bond acceptors (Lipinski definition) is 4. The second-order valence-electron chi connectivity index (χ2n) is 4.90. The third-order valence-corrected chi connectivity index (χ3v) is 3.96. The van der Waals surface area contributed by atoms with Crippen LogP contribution in [-0.2, 0) is 0 Å². The smallest absolute Gasteiger partial charge is 0.119 e. The van der Waals surface area contributed by atoms with Crippen molar-refractivity contribution in [2.75, 3.05) is 58.3 Å². The maximum Gasteiger partial charge on any atom is 0.119 e. The predicted octanol–water partition coefficient (Wildman–Crippen LogP) is 2.09. The number of methoxy groups -OCH3 is 1. The molecule has 0 N–H and O–H groups in total.